The van der Waals surface area contributed by atoms with Gasteiger partial charge in [0.05, 0.1) is 18.6 Å². The van der Waals surface area contributed by atoms with Gasteiger partial charge in [-0.15, -0.1) is 0 Å². The van der Waals surface area contributed by atoms with Crippen molar-refractivity contribution in [2.24, 2.45) is 0 Å². The molecule has 1 heterocycles. The lowest BCUT2D eigenvalue weighted by Crippen LogP contribution is -2.37. The van der Waals surface area contributed by atoms with Gasteiger partial charge in [-0.25, -0.2) is 4.98 Å². The summed E-state index contributed by atoms with van der Waals surface area (Å²) in [5.74, 6) is -0.567. The predicted octanol–water partition coefficient (Wildman–Crippen LogP) is 1.20. The first-order chi connectivity index (χ1) is 7.87. The van der Waals surface area contributed by atoms with E-state index in [2.05, 4.69) is 4.98 Å². The molecule has 1 unspecified atom stereocenters. The molecule has 1 rings (SSSR count). The largest absolute Gasteiger partial charge is 0.481 e. The molecule has 0 saturated carbocycles. The summed E-state index contributed by atoms with van der Waals surface area (Å²) < 4.78 is 15.6. The van der Waals surface area contributed by atoms with E-state index in [0.29, 0.717) is 11.6 Å². The molecule has 5 nitrogen and oxygen atoms in total. The van der Waals surface area contributed by atoms with Gasteiger partial charge in [-0.05, 0) is 19.9 Å². The van der Waals surface area contributed by atoms with Crippen molar-refractivity contribution in [3.8, 4) is 5.88 Å². The lowest BCUT2D eigenvalue weighted by atomic mass is 10.2. The van der Waals surface area contributed by atoms with Crippen LogP contribution in [0.4, 0.5) is 0 Å². The van der Waals surface area contributed by atoms with Gasteiger partial charge < -0.3 is 9.84 Å². The number of methoxy groups -OCH3 is 1. The van der Waals surface area contributed by atoms with Crippen molar-refractivity contribution in [1.82, 2.24) is 4.98 Å². The van der Waals surface area contributed by atoms with Crippen LogP contribution in [0.5, 0.6) is 5.88 Å². The van der Waals surface area contributed by atoms with Crippen LogP contribution in [0.1, 0.15) is 19.5 Å². The number of aromatic nitrogens is 1. The molecule has 0 amide bonds. The van der Waals surface area contributed by atoms with E-state index in [9.17, 15) is 9.00 Å². The van der Waals surface area contributed by atoms with Gasteiger partial charge in [0.25, 0.3) is 0 Å². The van der Waals surface area contributed by atoms with E-state index in [1.165, 1.54) is 21.0 Å². The Kier molecular flexibility index (Phi) is 4.22. The number of hydrogen-bond donors (Lipinski definition) is 1. The number of pyridine rings is 1. The lowest BCUT2D eigenvalue weighted by Gasteiger charge is -2.18. The van der Waals surface area contributed by atoms with Gasteiger partial charge in [0.2, 0.25) is 5.88 Å². The Morgan fingerprint density at radius 1 is 1.53 bits per heavy atom. The van der Waals surface area contributed by atoms with E-state index in [1.807, 2.05) is 0 Å². The van der Waals surface area contributed by atoms with E-state index in [0.717, 1.165) is 0 Å². The Balaban J connectivity index is 2.84. The third-order valence-electron chi connectivity index (χ3n) is 2.35. The first-order valence-electron chi connectivity index (χ1n) is 4.99. The summed E-state index contributed by atoms with van der Waals surface area (Å²) in [4.78, 5) is 15.0. The van der Waals surface area contributed by atoms with Crippen molar-refractivity contribution in [2.45, 2.75) is 24.3 Å². The molecular weight excluding hydrogens is 242 g/mol. The smallest absolute Gasteiger partial charge is 0.321 e. The molecule has 0 aliphatic rings. The highest BCUT2D eigenvalue weighted by Gasteiger charge is 2.34. The molecule has 6 heteroatoms. The fourth-order valence-electron chi connectivity index (χ4n) is 1.06. The zero-order chi connectivity index (χ0) is 13.1. The maximum atomic E-state index is 11.9. The van der Waals surface area contributed by atoms with Crippen molar-refractivity contribution in [1.29, 1.82) is 0 Å². The molecule has 0 spiro atoms. The summed E-state index contributed by atoms with van der Waals surface area (Å²) in [6.07, 6.45) is 0. The molecule has 0 radical (unpaired) electrons. The van der Waals surface area contributed by atoms with Crippen LogP contribution in [0.25, 0.3) is 0 Å². The number of ether oxygens (including phenoxy) is 1. The number of carboxylic acids is 1. The fraction of sp³-hybridized carbons (Fsp3) is 0.455. The molecule has 1 aromatic heterocycles. The Hall–Kier alpha value is -1.43. The summed E-state index contributed by atoms with van der Waals surface area (Å²) in [5, 5.41) is 8.95. The minimum atomic E-state index is -1.54. The van der Waals surface area contributed by atoms with Crippen LogP contribution >= 0.6 is 0 Å². The highest BCUT2D eigenvalue weighted by atomic mass is 32.2. The molecule has 0 aliphatic carbocycles. The van der Waals surface area contributed by atoms with Crippen LogP contribution in [0.15, 0.2) is 18.2 Å². The summed E-state index contributed by atoms with van der Waals surface area (Å²) in [6, 6.07) is 5.10. The quantitative estimate of drug-likeness (QED) is 0.857. The number of hydrogen-bond acceptors (Lipinski definition) is 4. The zero-order valence-electron chi connectivity index (χ0n) is 9.97. The second kappa shape index (κ2) is 5.27. The molecule has 1 aromatic rings. The third kappa shape index (κ3) is 3.26. The Morgan fingerprint density at radius 3 is 2.71 bits per heavy atom. The molecule has 1 N–H and O–H groups in total. The van der Waals surface area contributed by atoms with Crippen LogP contribution in [-0.4, -0.2) is 32.1 Å². The molecule has 0 fully saturated rings. The number of rotatable bonds is 5. The number of carbonyl (C=O) groups is 1. The molecule has 1 atom stereocenters. The van der Waals surface area contributed by atoms with E-state index < -0.39 is 21.5 Å². The minimum Gasteiger partial charge on any atom is -0.481 e. The molecule has 94 valence electrons. The lowest BCUT2D eigenvalue weighted by molar-refractivity contribution is -0.139. The van der Waals surface area contributed by atoms with Crippen molar-refractivity contribution in [3.63, 3.8) is 0 Å². The normalized spacial score (nSPS) is 13.1. The average molecular weight is 257 g/mol. The standard InChI is InChI=1S/C11H15NO4S/c1-11(2,10(13)14)17(15)7-8-5-4-6-9(12-8)16-3/h4-6H,7H2,1-3H3,(H,13,14). The number of carboxylic acid groups (broad SMARTS) is 1. The third-order valence-corrected chi connectivity index (χ3v) is 4.22. The summed E-state index contributed by atoms with van der Waals surface area (Å²) >= 11 is 0. The van der Waals surface area contributed by atoms with Crippen LogP contribution in [-0.2, 0) is 21.3 Å². The second-order valence-corrected chi connectivity index (χ2v) is 5.98. The van der Waals surface area contributed by atoms with Crippen molar-refractivity contribution in [2.75, 3.05) is 7.11 Å². The topological polar surface area (TPSA) is 76.5 Å². The maximum Gasteiger partial charge on any atom is 0.321 e. The van der Waals surface area contributed by atoms with Crippen molar-refractivity contribution >= 4 is 16.8 Å². The Labute approximate surface area is 102 Å². The summed E-state index contributed by atoms with van der Waals surface area (Å²) in [5.41, 5.74) is 0.553. The fourth-order valence-corrected chi connectivity index (χ4v) is 2.05. The van der Waals surface area contributed by atoms with Gasteiger partial charge in [0, 0.05) is 16.9 Å². The maximum absolute atomic E-state index is 11.9. The van der Waals surface area contributed by atoms with Gasteiger partial charge in [0.1, 0.15) is 4.75 Å². The molecule has 0 aromatic carbocycles. The molecular formula is C11H15NO4S. The monoisotopic (exact) mass is 257 g/mol. The summed E-state index contributed by atoms with van der Waals surface area (Å²) in [7, 11) is -0.0490. The highest BCUT2D eigenvalue weighted by Crippen LogP contribution is 2.18. The van der Waals surface area contributed by atoms with Gasteiger partial charge in [-0.2, -0.15) is 0 Å². The van der Waals surface area contributed by atoms with E-state index in [-0.39, 0.29) is 5.75 Å². The van der Waals surface area contributed by atoms with Gasteiger partial charge in [-0.3, -0.25) is 9.00 Å². The van der Waals surface area contributed by atoms with Gasteiger partial charge in [0.15, 0.2) is 0 Å². The SMILES string of the molecule is COc1cccc(CS(=O)C(C)(C)C(=O)O)n1. The van der Waals surface area contributed by atoms with Crippen LogP contribution in [0, 0.1) is 0 Å². The van der Waals surface area contributed by atoms with Crippen LogP contribution in [0.2, 0.25) is 0 Å². The second-order valence-electron chi connectivity index (χ2n) is 3.98. The summed E-state index contributed by atoms with van der Waals surface area (Å²) in [6.45, 7) is 2.87. The molecule has 0 aliphatic heterocycles. The van der Waals surface area contributed by atoms with Gasteiger partial charge in [-0.1, -0.05) is 6.07 Å². The Morgan fingerprint density at radius 2 is 2.18 bits per heavy atom. The average Bonchev–Trinajstić information content (AvgIpc) is 2.29. The van der Waals surface area contributed by atoms with E-state index >= 15 is 0 Å². The number of aliphatic carboxylic acids is 1. The first kappa shape index (κ1) is 13.6. The zero-order valence-corrected chi connectivity index (χ0v) is 10.8. The Bertz CT molecular complexity index is 445. The van der Waals surface area contributed by atoms with E-state index in [4.69, 9.17) is 9.84 Å². The van der Waals surface area contributed by atoms with Crippen molar-refractivity contribution < 1.29 is 18.8 Å². The molecule has 17 heavy (non-hydrogen) atoms. The molecule has 0 bridgehead atoms. The van der Waals surface area contributed by atoms with Crippen LogP contribution < -0.4 is 4.74 Å². The first-order valence-corrected chi connectivity index (χ1v) is 6.31. The molecule has 0 saturated heterocycles. The predicted molar refractivity (Wildman–Crippen MR) is 64.4 cm³/mol. The highest BCUT2D eigenvalue weighted by molar-refractivity contribution is 7.86. The van der Waals surface area contributed by atoms with Crippen molar-refractivity contribution in [3.05, 3.63) is 23.9 Å². The van der Waals surface area contributed by atoms with E-state index in [1.54, 1.807) is 18.2 Å². The van der Waals surface area contributed by atoms with Gasteiger partial charge >= 0.3 is 5.97 Å². The van der Waals surface area contributed by atoms with Crippen LogP contribution in [0.3, 0.4) is 0 Å². The minimum absolute atomic E-state index is 0.0938. The number of nitrogens with zero attached hydrogens (tertiary/aromatic N) is 1.